The summed E-state index contributed by atoms with van der Waals surface area (Å²) in [5.41, 5.74) is 0.352. The molecule has 120 valence electrons. The minimum Gasteiger partial charge on any atom is -0.381 e. The first-order valence-corrected chi connectivity index (χ1v) is 9.05. The van der Waals surface area contributed by atoms with Gasteiger partial charge in [-0.05, 0) is 32.6 Å². The summed E-state index contributed by atoms with van der Waals surface area (Å²) in [6.45, 7) is 8.94. The molecular weight excluding hydrogens is 246 g/mol. The van der Waals surface area contributed by atoms with Crippen molar-refractivity contribution in [2.24, 2.45) is 0 Å². The first kappa shape index (κ1) is 18.0. The zero-order valence-electron chi connectivity index (χ0n) is 14.2. The van der Waals surface area contributed by atoms with Crippen LogP contribution in [-0.4, -0.2) is 24.8 Å². The van der Waals surface area contributed by atoms with E-state index in [0.717, 1.165) is 13.2 Å². The van der Waals surface area contributed by atoms with Crippen molar-refractivity contribution >= 4 is 0 Å². The molecule has 0 amide bonds. The molecule has 0 aliphatic carbocycles. The van der Waals surface area contributed by atoms with E-state index in [4.69, 9.17) is 4.74 Å². The van der Waals surface area contributed by atoms with Gasteiger partial charge in [0.05, 0.1) is 0 Å². The Morgan fingerprint density at radius 2 is 1.45 bits per heavy atom. The van der Waals surface area contributed by atoms with Gasteiger partial charge in [0.2, 0.25) is 0 Å². The predicted molar refractivity (Wildman–Crippen MR) is 88.3 cm³/mol. The predicted octanol–water partition coefficient (Wildman–Crippen LogP) is 5.06. The van der Waals surface area contributed by atoms with E-state index in [1.807, 2.05) is 0 Å². The highest BCUT2D eigenvalue weighted by Crippen LogP contribution is 2.24. The van der Waals surface area contributed by atoms with E-state index in [0.29, 0.717) is 11.6 Å². The highest BCUT2D eigenvalue weighted by Gasteiger charge is 2.27. The second-order valence-electron chi connectivity index (χ2n) is 6.86. The van der Waals surface area contributed by atoms with Crippen LogP contribution < -0.4 is 5.32 Å². The van der Waals surface area contributed by atoms with E-state index in [-0.39, 0.29) is 0 Å². The Labute approximate surface area is 127 Å². The van der Waals surface area contributed by atoms with E-state index in [1.54, 1.807) is 0 Å². The molecular formula is C18H37NO. The fraction of sp³-hybridized carbons (Fsp3) is 1.00. The molecule has 1 heterocycles. The van der Waals surface area contributed by atoms with E-state index in [1.165, 1.54) is 70.6 Å². The van der Waals surface area contributed by atoms with Crippen molar-refractivity contribution in [2.45, 2.75) is 103 Å². The van der Waals surface area contributed by atoms with Gasteiger partial charge in [-0.1, -0.05) is 58.8 Å². The Morgan fingerprint density at radius 1 is 0.900 bits per heavy atom. The van der Waals surface area contributed by atoms with Gasteiger partial charge in [-0.25, -0.2) is 0 Å². The van der Waals surface area contributed by atoms with E-state index >= 15 is 0 Å². The minimum atomic E-state index is 0.352. The normalized spacial score (nSPS) is 19.9. The summed E-state index contributed by atoms with van der Waals surface area (Å²) in [5.74, 6) is 0. The maximum absolute atomic E-state index is 5.49. The summed E-state index contributed by atoms with van der Waals surface area (Å²) < 4.78 is 5.49. The smallest absolute Gasteiger partial charge is 0.0480 e. The van der Waals surface area contributed by atoms with Gasteiger partial charge < -0.3 is 10.1 Å². The SMILES string of the molecule is CCCCCCC(C)(CCCCC)NC1CCOCC1. The van der Waals surface area contributed by atoms with Crippen molar-refractivity contribution in [3.63, 3.8) is 0 Å². The summed E-state index contributed by atoms with van der Waals surface area (Å²) in [6.07, 6.45) is 14.6. The van der Waals surface area contributed by atoms with Gasteiger partial charge in [0.25, 0.3) is 0 Å². The fourth-order valence-electron chi connectivity index (χ4n) is 3.31. The molecule has 2 heteroatoms. The molecule has 1 fully saturated rings. The van der Waals surface area contributed by atoms with Crippen LogP contribution in [0.25, 0.3) is 0 Å². The van der Waals surface area contributed by atoms with Crippen molar-refractivity contribution in [3.8, 4) is 0 Å². The second-order valence-corrected chi connectivity index (χ2v) is 6.86. The summed E-state index contributed by atoms with van der Waals surface area (Å²) in [4.78, 5) is 0. The monoisotopic (exact) mass is 283 g/mol. The summed E-state index contributed by atoms with van der Waals surface area (Å²) in [7, 11) is 0. The maximum Gasteiger partial charge on any atom is 0.0480 e. The topological polar surface area (TPSA) is 21.3 Å². The Bertz CT molecular complexity index is 225. The lowest BCUT2D eigenvalue weighted by Crippen LogP contribution is -2.50. The minimum absolute atomic E-state index is 0.352. The molecule has 1 aliphatic heterocycles. The third-order valence-corrected chi connectivity index (χ3v) is 4.69. The standard InChI is InChI=1S/C18H37NO/c1-4-6-8-10-14-18(3,13-9-7-5-2)19-17-11-15-20-16-12-17/h17,19H,4-16H2,1-3H3. The number of hydrogen-bond donors (Lipinski definition) is 1. The molecule has 0 saturated carbocycles. The number of rotatable bonds is 11. The van der Waals surface area contributed by atoms with Crippen molar-refractivity contribution in [2.75, 3.05) is 13.2 Å². The molecule has 2 nitrogen and oxygen atoms in total. The Kier molecular flexibility index (Phi) is 9.54. The molecule has 1 atom stereocenters. The molecule has 0 spiro atoms. The lowest BCUT2D eigenvalue weighted by atomic mass is 9.86. The van der Waals surface area contributed by atoms with E-state index in [9.17, 15) is 0 Å². The highest BCUT2D eigenvalue weighted by atomic mass is 16.5. The van der Waals surface area contributed by atoms with Crippen molar-refractivity contribution in [1.29, 1.82) is 0 Å². The van der Waals surface area contributed by atoms with Crippen LogP contribution in [0.2, 0.25) is 0 Å². The highest BCUT2D eigenvalue weighted by molar-refractivity contribution is 4.87. The van der Waals surface area contributed by atoms with Crippen LogP contribution in [0.5, 0.6) is 0 Å². The van der Waals surface area contributed by atoms with Gasteiger partial charge in [-0.3, -0.25) is 0 Å². The quantitative estimate of drug-likeness (QED) is 0.535. The van der Waals surface area contributed by atoms with Crippen LogP contribution in [0.3, 0.4) is 0 Å². The van der Waals surface area contributed by atoms with Crippen molar-refractivity contribution in [3.05, 3.63) is 0 Å². The second kappa shape index (κ2) is 10.6. The molecule has 0 aromatic rings. The zero-order valence-corrected chi connectivity index (χ0v) is 14.2. The molecule has 0 aromatic heterocycles. The lowest BCUT2D eigenvalue weighted by molar-refractivity contribution is 0.0664. The molecule has 0 bridgehead atoms. The molecule has 1 aliphatic rings. The van der Waals surface area contributed by atoms with E-state index < -0.39 is 0 Å². The van der Waals surface area contributed by atoms with Gasteiger partial charge in [-0.2, -0.15) is 0 Å². The molecule has 1 unspecified atom stereocenters. The molecule has 1 rings (SSSR count). The third kappa shape index (κ3) is 7.64. The molecule has 0 radical (unpaired) electrons. The lowest BCUT2D eigenvalue weighted by Gasteiger charge is -2.37. The molecule has 1 saturated heterocycles. The summed E-state index contributed by atoms with van der Waals surface area (Å²) in [6, 6.07) is 0.682. The first-order chi connectivity index (χ1) is 9.70. The van der Waals surface area contributed by atoms with Crippen LogP contribution >= 0.6 is 0 Å². The van der Waals surface area contributed by atoms with Gasteiger partial charge in [0.1, 0.15) is 0 Å². The van der Waals surface area contributed by atoms with Crippen molar-refractivity contribution in [1.82, 2.24) is 5.32 Å². The van der Waals surface area contributed by atoms with E-state index in [2.05, 4.69) is 26.1 Å². The van der Waals surface area contributed by atoms with Gasteiger partial charge in [0, 0.05) is 24.8 Å². The average molecular weight is 284 g/mol. The summed E-state index contributed by atoms with van der Waals surface area (Å²) >= 11 is 0. The van der Waals surface area contributed by atoms with Gasteiger partial charge in [0.15, 0.2) is 0 Å². The number of unbranched alkanes of at least 4 members (excludes halogenated alkanes) is 5. The van der Waals surface area contributed by atoms with Crippen LogP contribution in [0.15, 0.2) is 0 Å². The van der Waals surface area contributed by atoms with Gasteiger partial charge >= 0.3 is 0 Å². The number of ether oxygens (including phenoxy) is 1. The van der Waals surface area contributed by atoms with Crippen LogP contribution in [0, 0.1) is 0 Å². The number of nitrogens with one attached hydrogen (secondary N) is 1. The Balaban J connectivity index is 2.38. The van der Waals surface area contributed by atoms with Gasteiger partial charge in [-0.15, -0.1) is 0 Å². The zero-order chi connectivity index (χ0) is 14.7. The molecule has 20 heavy (non-hydrogen) atoms. The molecule has 1 N–H and O–H groups in total. The van der Waals surface area contributed by atoms with Crippen LogP contribution in [0.1, 0.15) is 91.4 Å². The maximum atomic E-state index is 5.49. The van der Waals surface area contributed by atoms with Crippen molar-refractivity contribution < 1.29 is 4.74 Å². The average Bonchev–Trinajstić information content (AvgIpc) is 2.45. The van der Waals surface area contributed by atoms with Crippen LogP contribution in [-0.2, 0) is 4.74 Å². The number of hydrogen-bond acceptors (Lipinski definition) is 2. The first-order valence-electron chi connectivity index (χ1n) is 9.05. The molecule has 0 aromatic carbocycles. The third-order valence-electron chi connectivity index (χ3n) is 4.69. The fourth-order valence-corrected chi connectivity index (χ4v) is 3.31. The largest absolute Gasteiger partial charge is 0.381 e. The summed E-state index contributed by atoms with van der Waals surface area (Å²) in [5, 5.41) is 3.99. The Hall–Kier alpha value is -0.0800. The van der Waals surface area contributed by atoms with Crippen LogP contribution in [0.4, 0.5) is 0 Å². The Morgan fingerprint density at radius 3 is 2.05 bits per heavy atom.